The van der Waals surface area contributed by atoms with E-state index in [2.05, 4.69) is 153 Å². The van der Waals surface area contributed by atoms with Gasteiger partial charge in [0, 0.05) is 93.3 Å². The third-order valence-corrected chi connectivity index (χ3v) is 21.8. The molecule has 12 heterocycles. The Morgan fingerprint density at radius 3 is 0.885 bits per heavy atom. The molecule has 2 aliphatic carbocycles. The van der Waals surface area contributed by atoms with Crippen molar-refractivity contribution in [1.82, 2.24) is 101 Å². The van der Waals surface area contributed by atoms with E-state index in [0.29, 0.717) is 29.9 Å². The van der Waals surface area contributed by atoms with E-state index in [1.165, 1.54) is 0 Å². The Kier molecular flexibility index (Phi) is 20.9. The van der Waals surface area contributed by atoms with E-state index < -0.39 is 0 Å². The fraction of sp³-hybridized carbons (Fsp3) is 0.149. The second-order valence-corrected chi connectivity index (χ2v) is 30.4. The molecule has 0 unspecified atom stereocenters. The van der Waals surface area contributed by atoms with E-state index in [1.54, 1.807) is 49.6 Å². The quantitative estimate of drug-likeness (QED) is 0.0358. The van der Waals surface area contributed by atoms with Crippen molar-refractivity contribution in [3.8, 4) is 90.6 Å². The predicted molar refractivity (Wildman–Crippen MR) is 477 cm³/mol. The topological polar surface area (TPSA) is 397 Å². The fourth-order valence-corrected chi connectivity index (χ4v) is 14.9. The molecule has 28 nitrogen and oxygen atoms in total. The zero-order chi connectivity index (χ0) is 82.6. The van der Waals surface area contributed by atoms with Gasteiger partial charge >= 0.3 is 0 Å². The molecule has 4 amide bonds. The van der Waals surface area contributed by atoms with Gasteiger partial charge in [-0.2, -0.15) is 20.4 Å². The number of imidazole rings is 4. The first-order valence-electron chi connectivity index (χ1n) is 40.7. The third-order valence-electron chi connectivity index (χ3n) is 21.8. The van der Waals surface area contributed by atoms with Crippen molar-refractivity contribution >= 4 is 134 Å². The maximum Gasteiger partial charge on any atom is 0.227 e. The number of anilines is 4. The highest BCUT2D eigenvalue weighted by Crippen LogP contribution is 2.38. The van der Waals surface area contributed by atoms with Crippen molar-refractivity contribution in [2.45, 2.75) is 78.1 Å². The van der Waals surface area contributed by atoms with Crippen LogP contribution in [0.5, 0.6) is 0 Å². The number of H-pyrrole nitrogens is 8. The molecule has 0 atom stereocenters. The van der Waals surface area contributed by atoms with Gasteiger partial charge in [-0.15, -0.1) is 0 Å². The van der Waals surface area contributed by atoms with Gasteiger partial charge in [-0.3, -0.25) is 59.5 Å². The summed E-state index contributed by atoms with van der Waals surface area (Å²) in [5.41, 5.74) is 24.8. The number of para-hydroxylation sites is 8. The van der Waals surface area contributed by atoms with Crippen LogP contribution in [0.25, 0.3) is 178 Å². The summed E-state index contributed by atoms with van der Waals surface area (Å²) >= 11 is 0. The second kappa shape index (κ2) is 33.5. The van der Waals surface area contributed by atoms with Gasteiger partial charge in [-0.1, -0.05) is 99.5 Å². The Hall–Kier alpha value is -16.0. The van der Waals surface area contributed by atoms with Crippen LogP contribution in [-0.4, -0.2) is 124 Å². The maximum atomic E-state index is 12.3. The number of aromatic nitrogens is 20. The molecule has 22 rings (SSSR count). The molecule has 2 saturated carbocycles. The first kappa shape index (κ1) is 76.0. The molecular weight excluding hydrogens is 1530 g/mol. The number of hydrogen-bond donors (Lipinski definition) is 12. The molecule has 20 aromatic rings. The zero-order valence-corrected chi connectivity index (χ0v) is 66.3. The van der Waals surface area contributed by atoms with Gasteiger partial charge in [0.05, 0.1) is 114 Å². The molecule has 0 aliphatic heterocycles. The van der Waals surface area contributed by atoms with Gasteiger partial charge in [0.15, 0.2) is 23.3 Å². The first-order valence-corrected chi connectivity index (χ1v) is 40.7. The van der Waals surface area contributed by atoms with E-state index in [9.17, 15) is 19.2 Å². The summed E-state index contributed by atoms with van der Waals surface area (Å²) in [7, 11) is 0. The monoisotopic (exact) mass is 1610 g/mol. The number of pyridine rings is 4. The molecule has 600 valence electrons. The van der Waals surface area contributed by atoms with Gasteiger partial charge in [0.1, 0.15) is 22.8 Å². The average Bonchev–Trinajstić information content (AvgIpc) is 1.63. The Morgan fingerprint density at radius 1 is 0.311 bits per heavy atom. The van der Waals surface area contributed by atoms with Crippen molar-refractivity contribution in [3.05, 3.63) is 244 Å². The minimum Gasteiger partial charge on any atom is -0.337 e. The number of nitrogens with one attached hydrogen (secondary N) is 12. The molecule has 2 fully saturated rings. The number of unbranched alkanes of at least 4 members (excludes halogenated alkanes) is 1. The smallest absolute Gasteiger partial charge is 0.227 e. The predicted octanol–water partition coefficient (Wildman–Crippen LogP) is 19.6. The van der Waals surface area contributed by atoms with Crippen molar-refractivity contribution in [1.29, 1.82) is 0 Å². The Balaban J connectivity index is 0.000000107. The van der Waals surface area contributed by atoms with E-state index in [4.69, 9.17) is 0 Å². The maximum absolute atomic E-state index is 12.3. The lowest BCUT2D eigenvalue weighted by Gasteiger charge is -2.24. The molecule has 0 spiro atoms. The van der Waals surface area contributed by atoms with Crippen molar-refractivity contribution < 1.29 is 19.2 Å². The molecular formula is C94H80N24O4. The van der Waals surface area contributed by atoms with Gasteiger partial charge in [0.2, 0.25) is 23.6 Å². The van der Waals surface area contributed by atoms with Crippen LogP contribution < -0.4 is 21.3 Å². The molecule has 0 radical (unpaired) electrons. The number of rotatable bonds is 19. The molecule has 12 N–H and O–H groups in total. The van der Waals surface area contributed by atoms with E-state index in [-0.39, 0.29) is 35.5 Å². The standard InChI is InChI=1S/C24H20N6O.C24H22N6O.C23H18N6O.C23H20N6O/c31-24(14-4-3-5-14)26-17-10-16(12-25-13-17)15-8-9-19-18(11-15)22(30-29-19)23-27-20-6-1-2-7-21(20)28-23;1-2-3-8-22(31)26-17-11-16(13-25-14-17)15-9-10-19-18(12-15)23(30-29-19)24-27-20-6-4-5-7-21(20)28-24;30-23(13-5-6-13)25-16-9-15(11-24-12-16)14-7-8-18-17(10-14)21(29-28-18)22-26-19-3-1-2-4-20(19)27-22;1-2-5-21(30)25-16-10-15(12-24-13-16)14-8-9-18-17(11-14)22(29-28-18)23-26-19-6-3-4-7-20(19)27-23/h1-2,6-14H,3-5H2,(H,26,31)(H,27,28)(H,29,30);4-7,9-14H,2-3,8H2,1H3,(H,26,31)(H,27,28)(H,29,30);1-4,7-13H,5-6H2,(H,25,30)(H,26,27)(H,28,29);3-4,6-13H,2,5H2,1H3,(H,25,30)(H,26,27)(H,28,29). The van der Waals surface area contributed by atoms with Gasteiger partial charge < -0.3 is 41.2 Å². The van der Waals surface area contributed by atoms with Crippen LogP contribution in [0, 0.1) is 11.8 Å². The number of hydrogen-bond acceptors (Lipinski definition) is 16. The average molecular weight is 1610 g/mol. The zero-order valence-electron chi connectivity index (χ0n) is 66.3. The molecule has 0 bridgehead atoms. The number of benzene rings is 8. The van der Waals surface area contributed by atoms with E-state index >= 15 is 0 Å². The molecule has 8 aromatic carbocycles. The van der Waals surface area contributed by atoms with Crippen molar-refractivity contribution in [2.75, 3.05) is 21.3 Å². The van der Waals surface area contributed by atoms with Crippen LogP contribution >= 0.6 is 0 Å². The summed E-state index contributed by atoms with van der Waals surface area (Å²) < 4.78 is 0. The minimum atomic E-state index is -0.00564. The molecule has 0 saturated heterocycles. The van der Waals surface area contributed by atoms with Crippen LogP contribution in [0.2, 0.25) is 0 Å². The largest absolute Gasteiger partial charge is 0.337 e. The highest BCUT2D eigenvalue weighted by Gasteiger charge is 2.30. The number of nitrogens with zero attached hydrogens (tertiary/aromatic N) is 12. The Morgan fingerprint density at radius 2 is 0.607 bits per heavy atom. The number of carbonyl (C=O) groups is 4. The summed E-state index contributed by atoms with van der Waals surface area (Å²) in [5, 5.41) is 46.0. The SMILES string of the molecule is CCCC(=O)Nc1cncc(-c2ccc3[nH]nc(-c4nc5ccccc5[nH]4)c3c2)c1.CCCCC(=O)Nc1cncc(-c2ccc3[nH]nc(-c4nc5ccccc5[nH]4)c3c2)c1.O=C(Nc1cncc(-c2ccc3[nH]nc(-c4nc5ccccc5[nH]4)c3c2)c1)C1CC1.O=C(Nc1cncc(-c2ccc3[nH]nc(-c4nc5ccccc5[nH]4)c3c2)c1)C1CCC1. The second-order valence-electron chi connectivity index (χ2n) is 30.4. The summed E-state index contributed by atoms with van der Waals surface area (Å²) in [6.45, 7) is 4.05. The lowest BCUT2D eigenvalue weighted by atomic mass is 9.85. The lowest BCUT2D eigenvalue weighted by molar-refractivity contribution is -0.122. The first-order chi connectivity index (χ1) is 59.9. The lowest BCUT2D eigenvalue weighted by Crippen LogP contribution is -2.28. The van der Waals surface area contributed by atoms with Gasteiger partial charge in [-0.05, 0) is 182 Å². The molecule has 2 aliphatic rings. The Labute approximate surface area is 695 Å². The minimum absolute atomic E-state index is 0.00564. The summed E-state index contributed by atoms with van der Waals surface area (Å²) in [6, 6.07) is 63.8. The number of amides is 4. The summed E-state index contributed by atoms with van der Waals surface area (Å²) in [4.78, 5) is 97.7. The molecule has 28 heteroatoms. The molecule has 12 aromatic heterocycles. The van der Waals surface area contributed by atoms with Gasteiger partial charge in [0.25, 0.3) is 0 Å². The third kappa shape index (κ3) is 16.3. The highest BCUT2D eigenvalue weighted by atomic mass is 16.2. The van der Waals surface area contributed by atoms with E-state index in [0.717, 1.165) is 235 Å². The van der Waals surface area contributed by atoms with Crippen molar-refractivity contribution in [3.63, 3.8) is 0 Å². The van der Waals surface area contributed by atoms with Crippen LogP contribution in [0.3, 0.4) is 0 Å². The summed E-state index contributed by atoms with van der Waals surface area (Å²) in [6.07, 6.45) is 22.6. The van der Waals surface area contributed by atoms with Gasteiger partial charge in [-0.25, -0.2) is 19.9 Å². The van der Waals surface area contributed by atoms with Crippen molar-refractivity contribution in [2.24, 2.45) is 11.8 Å². The fourth-order valence-electron chi connectivity index (χ4n) is 14.9. The normalized spacial score (nSPS) is 12.6. The summed E-state index contributed by atoms with van der Waals surface area (Å²) in [5.74, 6) is 3.35. The van der Waals surface area contributed by atoms with Crippen LogP contribution in [0.1, 0.15) is 78.1 Å². The number of fused-ring (bicyclic) bond motifs is 8. The molecule has 122 heavy (non-hydrogen) atoms. The van der Waals surface area contributed by atoms with Crippen LogP contribution in [0.4, 0.5) is 22.7 Å². The van der Waals surface area contributed by atoms with Crippen LogP contribution in [0.15, 0.2) is 244 Å². The van der Waals surface area contributed by atoms with Crippen LogP contribution in [-0.2, 0) is 19.2 Å². The number of carbonyl (C=O) groups excluding carboxylic acids is 4. The highest BCUT2D eigenvalue weighted by molar-refractivity contribution is 6.02. The van der Waals surface area contributed by atoms with E-state index in [1.807, 2.05) is 177 Å². The number of aromatic amines is 8. The Bertz CT molecular complexity index is 7180.